The van der Waals surface area contributed by atoms with E-state index < -0.39 is 20.3 Å². The van der Waals surface area contributed by atoms with Crippen molar-refractivity contribution in [1.82, 2.24) is 0 Å². The van der Waals surface area contributed by atoms with E-state index in [1.165, 1.54) is 0 Å². The van der Waals surface area contributed by atoms with Gasteiger partial charge in [0.2, 0.25) is 0 Å². The molecule has 0 rings (SSSR count). The van der Waals surface area contributed by atoms with E-state index in [-0.39, 0.29) is 16.1 Å². The van der Waals surface area contributed by atoms with Crippen LogP contribution in [-0.4, -0.2) is 25.4 Å². The van der Waals surface area contributed by atoms with Gasteiger partial charge in [-0.3, -0.25) is 0 Å². The van der Waals surface area contributed by atoms with Crippen molar-refractivity contribution in [2.45, 2.75) is 71.5 Å². The minimum Gasteiger partial charge on any atom is -0.515 e. The molecule has 0 aliphatic carbocycles. The summed E-state index contributed by atoms with van der Waals surface area (Å²) in [5, 5.41) is 8.53. The average Bonchev–Trinajstić information content (AvgIpc) is 2.31. The third-order valence-corrected chi connectivity index (χ3v) is 11.4. The molecule has 0 atom stereocenters. The zero-order valence-electron chi connectivity index (χ0n) is 14.6. The highest BCUT2D eigenvalue weighted by atomic mass is 28.4. The van der Waals surface area contributed by atoms with Crippen molar-refractivity contribution in [3.8, 4) is 0 Å². The molecule has 0 spiro atoms. The fourth-order valence-electron chi connectivity index (χ4n) is 3.31. The highest BCUT2D eigenvalue weighted by Gasteiger charge is 2.57. The molecule has 0 aliphatic heterocycles. The van der Waals surface area contributed by atoms with E-state index >= 15 is 0 Å². The van der Waals surface area contributed by atoms with E-state index in [0.717, 1.165) is 12.2 Å². The van der Waals surface area contributed by atoms with Crippen LogP contribution in [0.25, 0.3) is 0 Å². The summed E-state index contributed by atoms with van der Waals surface area (Å²) < 4.78 is 5.99. The minimum absolute atomic E-state index is 0.109. The zero-order chi connectivity index (χ0) is 17.0. The molecule has 1 N–H and O–H groups in total. The molecule has 0 unspecified atom stereocenters. The standard InChI is InChI=1S/C16H30O4Si/c1-11(2)16(7,8)21(12(3)4,13(5)6)20-15(19)10-9-14(17)18/h9-13H,1-8H3,(H,17,18)/b10-9-. The summed E-state index contributed by atoms with van der Waals surface area (Å²) in [5.74, 6) is -1.32. The van der Waals surface area contributed by atoms with Crippen molar-refractivity contribution in [2.75, 3.05) is 0 Å². The van der Waals surface area contributed by atoms with E-state index in [9.17, 15) is 9.59 Å². The Morgan fingerprint density at radius 3 is 1.71 bits per heavy atom. The van der Waals surface area contributed by atoms with Crippen molar-refractivity contribution in [3.05, 3.63) is 12.2 Å². The molecule has 0 saturated carbocycles. The molecule has 0 aromatic rings. The number of hydrogen-bond acceptors (Lipinski definition) is 3. The Bertz CT molecular complexity index is 401. The maximum atomic E-state index is 12.1. The van der Waals surface area contributed by atoms with Gasteiger partial charge in [-0.15, -0.1) is 0 Å². The number of aliphatic carboxylic acids is 1. The van der Waals surface area contributed by atoms with E-state index in [4.69, 9.17) is 9.53 Å². The minimum atomic E-state index is -2.47. The van der Waals surface area contributed by atoms with Crippen LogP contribution in [0.5, 0.6) is 0 Å². The molecular weight excluding hydrogens is 284 g/mol. The molecular formula is C16H30O4Si. The highest BCUT2D eigenvalue weighted by molar-refractivity contribution is 6.80. The Kier molecular flexibility index (Phi) is 6.87. The molecule has 0 bridgehead atoms. The van der Waals surface area contributed by atoms with Crippen LogP contribution in [0.15, 0.2) is 12.2 Å². The molecule has 21 heavy (non-hydrogen) atoms. The lowest BCUT2D eigenvalue weighted by Gasteiger charge is -2.51. The second kappa shape index (κ2) is 7.25. The predicted octanol–water partition coefficient (Wildman–Crippen LogP) is 4.37. The van der Waals surface area contributed by atoms with Crippen LogP contribution in [0.1, 0.15) is 55.4 Å². The van der Waals surface area contributed by atoms with Gasteiger partial charge in [0.05, 0.1) is 0 Å². The van der Waals surface area contributed by atoms with Gasteiger partial charge in [-0.05, 0) is 22.0 Å². The number of rotatable bonds is 7. The molecule has 0 saturated heterocycles. The summed E-state index contributed by atoms with van der Waals surface area (Å²) in [6, 6.07) is 0. The quantitative estimate of drug-likeness (QED) is 0.560. The number of carbonyl (C=O) groups is 2. The molecule has 122 valence electrons. The van der Waals surface area contributed by atoms with E-state index in [1.807, 2.05) is 0 Å². The van der Waals surface area contributed by atoms with Crippen LogP contribution in [0.4, 0.5) is 0 Å². The number of carboxylic acid groups (broad SMARTS) is 1. The van der Waals surface area contributed by atoms with Crippen LogP contribution >= 0.6 is 0 Å². The Labute approximate surface area is 129 Å². The first-order valence-electron chi connectivity index (χ1n) is 7.53. The van der Waals surface area contributed by atoms with Gasteiger partial charge < -0.3 is 9.53 Å². The second-order valence-electron chi connectivity index (χ2n) is 7.07. The van der Waals surface area contributed by atoms with Gasteiger partial charge in [0.15, 0.2) is 0 Å². The van der Waals surface area contributed by atoms with Gasteiger partial charge in [0.1, 0.15) is 0 Å². The lowest BCUT2D eigenvalue weighted by molar-refractivity contribution is -0.133. The van der Waals surface area contributed by atoms with Crippen molar-refractivity contribution >= 4 is 20.3 Å². The maximum Gasteiger partial charge on any atom is 0.328 e. The van der Waals surface area contributed by atoms with Crippen LogP contribution in [0.2, 0.25) is 16.1 Å². The molecule has 0 fully saturated rings. The normalized spacial score (nSPS) is 13.5. The van der Waals surface area contributed by atoms with Gasteiger partial charge in [-0.2, -0.15) is 0 Å². The first kappa shape index (κ1) is 19.9. The summed E-state index contributed by atoms with van der Waals surface area (Å²) in [5.41, 5.74) is 0.495. The third-order valence-electron chi connectivity index (χ3n) is 4.80. The molecule has 0 heterocycles. The van der Waals surface area contributed by atoms with Gasteiger partial charge >= 0.3 is 11.9 Å². The lowest BCUT2D eigenvalue weighted by Crippen LogP contribution is -2.56. The largest absolute Gasteiger partial charge is 0.515 e. The van der Waals surface area contributed by atoms with Gasteiger partial charge in [0, 0.05) is 12.2 Å². The fraction of sp³-hybridized carbons (Fsp3) is 0.750. The summed E-state index contributed by atoms with van der Waals surface area (Å²) in [6.45, 7) is 17.0. The Morgan fingerprint density at radius 2 is 1.43 bits per heavy atom. The molecule has 0 aromatic heterocycles. The number of carbonyl (C=O) groups excluding carboxylic acids is 1. The predicted molar refractivity (Wildman–Crippen MR) is 87.7 cm³/mol. The monoisotopic (exact) mass is 314 g/mol. The number of hydrogen-bond donors (Lipinski definition) is 1. The fourth-order valence-corrected chi connectivity index (χ4v) is 9.66. The first-order valence-corrected chi connectivity index (χ1v) is 9.59. The molecule has 0 amide bonds. The van der Waals surface area contributed by atoms with Crippen LogP contribution in [0, 0.1) is 5.92 Å². The number of carboxylic acids is 1. The van der Waals surface area contributed by atoms with E-state index in [0.29, 0.717) is 5.92 Å². The molecule has 4 nitrogen and oxygen atoms in total. The van der Waals surface area contributed by atoms with Crippen molar-refractivity contribution in [2.24, 2.45) is 5.92 Å². The zero-order valence-corrected chi connectivity index (χ0v) is 15.6. The average molecular weight is 314 g/mol. The smallest absolute Gasteiger partial charge is 0.328 e. The van der Waals surface area contributed by atoms with Crippen molar-refractivity contribution in [1.29, 1.82) is 0 Å². The molecule has 0 radical (unpaired) electrons. The summed E-state index contributed by atoms with van der Waals surface area (Å²) >= 11 is 0. The Balaban J connectivity index is 5.74. The lowest BCUT2D eigenvalue weighted by atomic mass is 9.99. The molecule has 0 aliphatic rings. The highest BCUT2D eigenvalue weighted by Crippen LogP contribution is 2.55. The van der Waals surface area contributed by atoms with E-state index in [2.05, 4.69) is 55.4 Å². The second-order valence-corrected chi connectivity index (χ2v) is 12.5. The van der Waals surface area contributed by atoms with Crippen LogP contribution < -0.4 is 0 Å². The Morgan fingerprint density at radius 1 is 1.00 bits per heavy atom. The van der Waals surface area contributed by atoms with Gasteiger partial charge in [-0.1, -0.05) is 55.4 Å². The Hall–Kier alpha value is -1.10. The first-order chi connectivity index (χ1) is 9.39. The van der Waals surface area contributed by atoms with Crippen LogP contribution in [-0.2, 0) is 14.0 Å². The topological polar surface area (TPSA) is 63.6 Å². The maximum absolute atomic E-state index is 12.1. The molecule has 5 heteroatoms. The van der Waals surface area contributed by atoms with E-state index in [1.54, 1.807) is 0 Å². The van der Waals surface area contributed by atoms with Crippen molar-refractivity contribution in [3.63, 3.8) is 0 Å². The molecule has 0 aromatic carbocycles. The van der Waals surface area contributed by atoms with Gasteiger partial charge in [0.25, 0.3) is 8.32 Å². The third kappa shape index (κ3) is 4.19. The SMILES string of the molecule is CC(C)C(C)(C)[Si](OC(=O)/C=C\C(=O)O)(C(C)C)C(C)C. The van der Waals surface area contributed by atoms with Crippen molar-refractivity contribution < 1.29 is 19.1 Å². The van der Waals surface area contributed by atoms with Crippen LogP contribution in [0.3, 0.4) is 0 Å². The summed E-state index contributed by atoms with van der Waals surface area (Å²) in [6.07, 6.45) is 1.86. The summed E-state index contributed by atoms with van der Waals surface area (Å²) in [7, 11) is -2.47. The summed E-state index contributed by atoms with van der Waals surface area (Å²) in [4.78, 5) is 22.7. The van der Waals surface area contributed by atoms with Gasteiger partial charge in [-0.25, -0.2) is 9.59 Å².